The molecule has 502 valence electrons. The molecule has 11 heteroatoms. The fourth-order valence-corrected chi connectivity index (χ4v) is 12.0. The lowest BCUT2D eigenvalue weighted by molar-refractivity contribution is -0.302. The molecule has 6 N–H and O–H groups in total. The molecule has 1 aliphatic rings. The van der Waals surface area contributed by atoms with Gasteiger partial charge in [0, 0.05) is 12.8 Å². The van der Waals surface area contributed by atoms with Crippen LogP contribution in [0.4, 0.5) is 0 Å². The molecule has 1 fully saturated rings. The number of hydrogen-bond donors (Lipinski definition) is 6. The minimum atomic E-state index is -1.57. The van der Waals surface area contributed by atoms with Gasteiger partial charge in [-0.25, -0.2) is 0 Å². The highest BCUT2D eigenvalue weighted by molar-refractivity contribution is 5.76. The summed E-state index contributed by atoms with van der Waals surface area (Å²) < 4.78 is 16.7. The highest BCUT2D eigenvalue weighted by atomic mass is 16.7. The number of ether oxygens (including phenoxy) is 3. The first kappa shape index (κ1) is 81.2. The molecular weight excluding hydrogens is 1060 g/mol. The average molecular weight is 1200 g/mol. The summed E-state index contributed by atoms with van der Waals surface area (Å²) >= 11 is 0. The van der Waals surface area contributed by atoms with Crippen LogP contribution in [-0.2, 0) is 23.8 Å². The molecule has 0 bridgehead atoms. The van der Waals surface area contributed by atoms with Crippen LogP contribution in [0.1, 0.15) is 373 Å². The summed E-state index contributed by atoms with van der Waals surface area (Å²) in [5.41, 5.74) is 0. The van der Waals surface area contributed by atoms with Crippen LogP contribution in [0.5, 0.6) is 0 Å². The second-order valence-electron chi connectivity index (χ2n) is 26.0. The highest BCUT2D eigenvalue weighted by Gasteiger charge is 2.44. The van der Waals surface area contributed by atoms with Crippen LogP contribution >= 0.6 is 0 Å². The Labute approximate surface area is 524 Å². The van der Waals surface area contributed by atoms with Gasteiger partial charge in [-0.2, -0.15) is 0 Å². The molecule has 7 atom stereocenters. The molecule has 1 aliphatic heterocycles. The Morgan fingerprint density at radius 2 is 0.753 bits per heavy atom. The van der Waals surface area contributed by atoms with E-state index in [-0.39, 0.29) is 18.5 Å². The number of amides is 1. The van der Waals surface area contributed by atoms with Crippen molar-refractivity contribution >= 4 is 11.9 Å². The molecule has 0 aromatic rings. The minimum absolute atomic E-state index is 0.0117. The third-order valence-electron chi connectivity index (χ3n) is 17.8. The van der Waals surface area contributed by atoms with Gasteiger partial charge in [0.25, 0.3) is 0 Å². The summed E-state index contributed by atoms with van der Waals surface area (Å²) in [6, 6.07) is -0.807. The summed E-state index contributed by atoms with van der Waals surface area (Å²) in [6.45, 7) is 4.38. The van der Waals surface area contributed by atoms with Gasteiger partial charge in [0.1, 0.15) is 24.4 Å². The number of hydrogen-bond acceptors (Lipinski definition) is 10. The summed E-state index contributed by atoms with van der Waals surface area (Å²) in [6.07, 6.45) is 70.4. The normalized spacial score (nSPS) is 18.0. The summed E-state index contributed by atoms with van der Waals surface area (Å²) in [4.78, 5) is 25.1. The largest absolute Gasteiger partial charge is 0.466 e. The molecule has 85 heavy (non-hydrogen) atoms. The van der Waals surface area contributed by atoms with Gasteiger partial charge in [-0.05, 0) is 57.8 Å². The number of aliphatic hydroxyl groups excluding tert-OH is 5. The Morgan fingerprint density at radius 1 is 0.424 bits per heavy atom. The molecule has 7 unspecified atom stereocenters. The van der Waals surface area contributed by atoms with E-state index in [0.29, 0.717) is 19.4 Å². The summed E-state index contributed by atoms with van der Waals surface area (Å²) in [7, 11) is 0. The fraction of sp³-hybridized carbons (Fsp3) is 0.919. The van der Waals surface area contributed by atoms with Gasteiger partial charge in [0.05, 0.1) is 32.0 Å². The van der Waals surface area contributed by atoms with Gasteiger partial charge >= 0.3 is 5.97 Å². The first-order valence-corrected chi connectivity index (χ1v) is 37.1. The Kier molecular flexibility index (Phi) is 60.8. The SMILES string of the molecule is CCCCCCCCCCCCC/C=C/C(O)C(COC1OC(CO)C(O)C(O)C1O)NC(=O)CCCCCCCCCCCCCCCCCCC/C=C\CCCCCCCCCCCCCCOC(=O)CCCCCCCCCCCCC. The van der Waals surface area contributed by atoms with Crippen LogP contribution in [0.15, 0.2) is 24.3 Å². The number of unbranched alkanes of at least 4 members (excludes halogenated alkanes) is 50. The van der Waals surface area contributed by atoms with Crippen molar-refractivity contribution in [3.05, 3.63) is 24.3 Å². The maximum atomic E-state index is 13.1. The van der Waals surface area contributed by atoms with Crippen LogP contribution in [0.3, 0.4) is 0 Å². The van der Waals surface area contributed by atoms with E-state index >= 15 is 0 Å². The topological polar surface area (TPSA) is 175 Å². The van der Waals surface area contributed by atoms with Crippen LogP contribution in [0.2, 0.25) is 0 Å². The third-order valence-corrected chi connectivity index (χ3v) is 17.8. The van der Waals surface area contributed by atoms with Crippen molar-refractivity contribution < 1.29 is 49.3 Å². The molecule has 0 radical (unpaired) electrons. The Morgan fingerprint density at radius 3 is 1.13 bits per heavy atom. The Hall–Kier alpha value is -1.86. The van der Waals surface area contributed by atoms with Gasteiger partial charge in [-0.15, -0.1) is 0 Å². The summed E-state index contributed by atoms with van der Waals surface area (Å²) in [5.74, 6) is -0.164. The molecule has 1 rings (SSSR count). The molecule has 0 aromatic carbocycles. The zero-order valence-electron chi connectivity index (χ0n) is 55.8. The molecule has 0 aromatic heterocycles. The van der Waals surface area contributed by atoms with Gasteiger partial charge in [0.15, 0.2) is 6.29 Å². The Bertz CT molecular complexity index is 1460. The first-order chi connectivity index (χ1) is 41.7. The van der Waals surface area contributed by atoms with Crippen molar-refractivity contribution in [3.63, 3.8) is 0 Å². The van der Waals surface area contributed by atoms with E-state index in [0.717, 1.165) is 51.4 Å². The third kappa shape index (κ3) is 52.6. The highest BCUT2D eigenvalue weighted by Crippen LogP contribution is 2.24. The number of allylic oxidation sites excluding steroid dienone is 3. The van der Waals surface area contributed by atoms with E-state index in [1.165, 1.54) is 295 Å². The second-order valence-corrected chi connectivity index (χ2v) is 26.0. The number of rotatable bonds is 66. The second kappa shape index (κ2) is 63.7. The predicted octanol–water partition coefficient (Wildman–Crippen LogP) is 19.2. The molecule has 0 aliphatic carbocycles. The van der Waals surface area contributed by atoms with Gasteiger partial charge < -0.3 is 45.1 Å². The fourth-order valence-electron chi connectivity index (χ4n) is 12.0. The zero-order chi connectivity index (χ0) is 61.6. The van der Waals surface area contributed by atoms with Gasteiger partial charge in [-0.1, -0.05) is 327 Å². The van der Waals surface area contributed by atoms with Crippen LogP contribution in [0, 0.1) is 0 Å². The number of carbonyl (C=O) groups is 2. The van der Waals surface area contributed by atoms with Crippen molar-refractivity contribution in [3.8, 4) is 0 Å². The van der Waals surface area contributed by atoms with E-state index in [1.807, 2.05) is 6.08 Å². The molecule has 1 saturated heterocycles. The van der Waals surface area contributed by atoms with Crippen molar-refractivity contribution in [2.24, 2.45) is 0 Å². The van der Waals surface area contributed by atoms with Crippen LogP contribution < -0.4 is 5.32 Å². The lowest BCUT2D eigenvalue weighted by Crippen LogP contribution is -2.60. The van der Waals surface area contributed by atoms with Crippen LogP contribution in [-0.4, -0.2) is 100 Å². The van der Waals surface area contributed by atoms with Crippen molar-refractivity contribution in [2.45, 2.75) is 416 Å². The number of esters is 1. The van der Waals surface area contributed by atoms with E-state index in [1.54, 1.807) is 6.08 Å². The minimum Gasteiger partial charge on any atom is -0.466 e. The zero-order valence-corrected chi connectivity index (χ0v) is 55.8. The molecule has 1 amide bonds. The van der Waals surface area contributed by atoms with Crippen molar-refractivity contribution in [1.29, 1.82) is 0 Å². The molecule has 0 saturated carbocycles. The number of carbonyl (C=O) groups excluding carboxylic acids is 2. The predicted molar refractivity (Wildman–Crippen MR) is 357 cm³/mol. The maximum absolute atomic E-state index is 13.1. The maximum Gasteiger partial charge on any atom is 0.305 e. The molecular formula is C74H141NO10. The summed E-state index contributed by atoms with van der Waals surface area (Å²) in [5, 5.41) is 54.5. The standard InChI is InChI=1S/C74H141NO10/c1-3-5-7-9-11-13-15-37-41-44-48-52-56-60-67(77)66(65-84-74-73(82)72(81)71(80)68(64-76)85-74)75-69(78)61-57-53-49-45-42-38-35-33-31-29-27-25-23-21-19-17-16-18-20-22-24-26-28-30-32-34-36-39-43-47-51-55-59-63-83-70(79)62-58-54-50-46-40-14-12-10-8-6-4-2/h20,22,56,60,66-68,71-74,76-77,80-82H,3-19,21,23-55,57-59,61-65H2,1-2H3,(H,75,78)/b22-20-,60-56+. The van der Waals surface area contributed by atoms with Gasteiger partial charge in [-0.3, -0.25) is 9.59 Å². The number of nitrogens with one attached hydrogen (secondary N) is 1. The van der Waals surface area contributed by atoms with E-state index in [9.17, 15) is 35.1 Å². The van der Waals surface area contributed by atoms with E-state index in [4.69, 9.17) is 14.2 Å². The van der Waals surface area contributed by atoms with Crippen molar-refractivity contribution in [1.82, 2.24) is 5.32 Å². The van der Waals surface area contributed by atoms with Crippen molar-refractivity contribution in [2.75, 3.05) is 19.8 Å². The van der Waals surface area contributed by atoms with E-state index < -0.39 is 49.5 Å². The monoisotopic (exact) mass is 1200 g/mol. The smallest absolute Gasteiger partial charge is 0.305 e. The average Bonchev–Trinajstić information content (AvgIpc) is 3.41. The van der Waals surface area contributed by atoms with Crippen LogP contribution in [0.25, 0.3) is 0 Å². The lowest BCUT2D eigenvalue weighted by Gasteiger charge is -2.40. The quantitative estimate of drug-likeness (QED) is 0.0195. The molecule has 11 nitrogen and oxygen atoms in total. The molecule has 0 spiro atoms. The van der Waals surface area contributed by atoms with E-state index in [2.05, 4.69) is 31.3 Å². The molecule has 1 heterocycles. The number of aliphatic hydroxyl groups is 5. The van der Waals surface area contributed by atoms with Gasteiger partial charge in [0.2, 0.25) is 5.91 Å². The first-order valence-electron chi connectivity index (χ1n) is 37.1. The Balaban J connectivity index is 1.94. The lowest BCUT2D eigenvalue weighted by atomic mass is 9.99.